The molecule has 1 heterocycles. The van der Waals surface area contributed by atoms with E-state index in [1.165, 1.54) is 11.1 Å². The number of nitrogens with one attached hydrogen (secondary N) is 2. The number of hydrogen-bond donors (Lipinski definition) is 3. The van der Waals surface area contributed by atoms with Gasteiger partial charge in [0.1, 0.15) is 0 Å². The van der Waals surface area contributed by atoms with Gasteiger partial charge < -0.3 is 10.4 Å². The minimum atomic E-state index is -3.42. The zero-order valence-corrected chi connectivity index (χ0v) is 11.9. The highest BCUT2D eigenvalue weighted by atomic mass is 32.2. The number of benzene rings is 1. The van der Waals surface area contributed by atoms with E-state index >= 15 is 0 Å². The predicted octanol–water partition coefficient (Wildman–Crippen LogP) is 0.574. The van der Waals surface area contributed by atoms with Crippen LogP contribution >= 0.6 is 0 Å². The molecule has 0 fully saturated rings. The van der Waals surface area contributed by atoms with E-state index in [-0.39, 0.29) is 25.1 Å². The maximum atomic E-state index is 11.7. The van der Waals surface area contributed by atoms with Crippen molar-refractivity contribution in [1.82, 2.24) is 10.0 Å². The summed E-state index contributed by atoms with van der Waals surface area (Å²) < 4.78 is 25.9. The molecule has 0 saturated carbocycles. The molecule has 0 saturated heterocycles. The Morgan fingerprint density at radius 3 is 2.80 bits per heavy atom. The van der Waals surface area contributed by atoms with Crippen molar-refractivity contribution in [3.63, 3.8) is 0 Å². The van der Waals surface area contributed by atoms with Crippen LogP contribution in [-0.2, 0) is 34.5 Å². The zero-order chi connectivity index (χ0) is 14.6. The first-order chi connectivity index (χ1) is 9.46. The van der Waals surface area contributed by atoms with Crippen LogP contribution in [0.1, 0.15) is 29.5 Å². The van der Waals surface area contributed by atoms with E-state index in [4.69, 9.17) is 5.11 Å². The Bertz CT molecular complexity index is 598. The Morgan fingerprint density at radius 2 is 2.05 bits per heavy atom. The normalized spacial score (nSPS) is 14.2. The minimum absolute atomic E-state index is 0.124. The molecular weight excluding hydrogens is 280 g/mol. The van der Waals surface area contributed by atoms with Crippen molar-refractivity contribution >= 4 is 16.0 Å². The Balaban J connectivity index is 1.86. The molecule has 110 valence electrons. The van der Waals surface area contributed by atoms with E-state index in [2.05, 4.69) is 10.0 Å². The van der Waals surface area contributed by atoms with Crippen LogP contribution in [0.25, 0.3) is 0 Å². The molecule has 3 N–H and O–H groups in total. The average molecular weight is 298 g/mol. The lowest BCUT2D eigenvalue weighted by Gasteiger charge is -2.07. The van der Waals surface area contributed by atoms with Crippen molar-refractivity contribution in [3.05, 3.63) is 34.9 Å². The molecular formula is C13H18N2O4S. The van der Waals surface area contributed by atoms with E-state index in [1.807, 2.05) is 18.2 Å². The summed E-state index contributed by atoms with van der Waals surface area (Å²) >= 11 is 0. The number of hydrogen-bond acceptors (Lipinski definition) is 4. The fraction of sp³-hybridized carbons (Fsp3) is 0.462. The van der Waals surface area contributed by atoms with Gasteiger partial charge in [-0.15, -0.1) is 0 Å². The van der Waals surface area contributed by atoms with Crippen LogP contribution in [0.3, 0.4) is 0 Å². The Morgan fingerprint density at radius 1 is 1.30 bits per heavy atom. The van der Waals surface area contributed by atoms with Crippen molar-refractivity contribution in [3.8, 4) is 0 Å². The van der Waals surface area contributed by atoms with Crippen LogP contribution in [0, 0.1) is 0 Å². The Labute approximate surface area is 118 Å². The van der Waals surface area contributed by atoms with Gasteiger partial charge in [0.2, 0.25) is 10.0 Å². The second kappa shape index (κ2) is 6.34. The fourth-order valence-corrected chi connectivity index (χ4v) is 3.19. The van der Waals surface area contributed by atoms with E-state index in [0.29, 0.717) is 0 Å². The number of carboxylic acids is 1. The largest absolute Gasteiger partial charge is 0.481 e. The fourth-order valence-electron chi connectivity index (χ4n) is 2.14. The lowest BCUT2D eigenvalue weighted by Crippen LogP contribution is -2.26. The number of fused-ring (bicyclic) bond motifs is 1. The van der Waals surface area contributed by atoms with Gasteiger partial charge in [-0.3, -0.25) is 4.79 Å². The first-order valence-electron chi connectivity index (χ1n) is 6.47. The van der Waals surface area contributed by atoms with E-state index in [1.54, 1.807) is 0 Å². The topological polar surface area (TPSA) is 95.5 Å². The molecule has 0 aliphatic carbocycles. The third-order valence-electron chi connectivity index (χ3n) is 3.20. The lowest BCUT2D eigenvalue weighted by atomic mass is 10.1. The summed E-state index contributed by atoms with van der Waals surface area (Å²) in [5, 5.41) is 11.7. The highest BCUT2D eigenvalue weighted by Crippen LogP contribution is 2.17. The molecule has 0 aromatic heterocycles. The van der Waals surface area contributed by atoms with Gasteiger partial charge >= 0.3 is 5.97 Å². The SMILES string of the molecule is O=C(O)CCCS(=O)(=O)NCc1ccc2c(c1)CNC2. The van der Waals surface area contributed by atoms with Gasteiger partial charge in [0.05, 0.1) is 5.75 Å². The quantitative estimate of drug-likeness (QED) is 0.684. The highest BCUT2D eigenvalue weighted by Gasteiger charge is 2.13. The van der Waals surface area contributed by atoms with Crippen molar-refractivity contribution in [2.45, 2.75) is 32.5 Å². The summed E-state index contributed by atoms with van der Waals surface area (Å²) in [6.45, 7) is 1.91. The smallest absolute Gasteiger partial charge is 0.303 e. The maximum Gasteiger partial charge on any atom is 0.303 e. The van der Waals surface area contributed by atoms with Crippen molar-refractivity contribution in [2.24, 2.45) is 0 Å². The molecule has 1 aliphatic heterocycles. The summed E-state index contributed by atoms with van der Waals surface area (Å²) in [5.41, 5.74) is 3.36. The van der Waals surface area contributed by atoms with E-state index in [9.17, 15) is 13.2 Å². The molecule has 0 bridgehead atoms. The summed E-state index contributed by atoms with van der Waals surface area (Å²) in [5.74, 6) is -1.14. The standard InChI is InChI=1S/C13H18N2O4S/c16-13(17)2-1-5-20(18,19)15-7-10-3-4-11-8-14-9-12(11)6-10/h3-4,6,14-15H,1-2,5,7-9H2,(H,16,17). The van der Waals surface area contributed by atoms with Gasteiger partial charge in [0, 0.05) is 26.1 Å². The Kier molecular flexibility index (Phi) is 4.74. The monoisotopic (exact) mass is 298 g/mol. The van der Waals surface area contributed by atoms with Gasteiger partial charge in [-0.05, 0) is 23.1 Å². The van der Waals surface area contributed by atoms with Gasteiger partial charge in [-0.25, -0.2) is 13.1 Å². The maximum absolute atomic E-state index is 11.7. The van der Waals surface area contributed by atoms with Crippen LogP contribution in [0.4, 0.5) is 0 Å². The summed E-state index contributed by atoms with van der Waals surface area (Å²) in [4.78, 5) is 10.4. The second-order valence-corrected chi connectivity index (χ2v) is 6.77. The summed E-state index contributed by atoms with van der Waals surface area (Å²) in [7, 11) is -3.42. The van der Waals surface area contributed by atoms with Gasteiger partial charge in [0.15, 0.2) is 0 Å². The molecule has 6 nitrogen and oxygen atoms in total. The number of rotatable bonds is 7. The first-order valence-corrected chi connectivity index (χ1v) is 8.12. The molecule has 1 aromatic rings. The van der Waals surface area contributed by atoms with Crippen molar-refractivity contribution in [2.75, 3.05) is 5.75 Å². The van der Waals surface area contributed by atoms with E-state index < -0.39 is 16.0 Å². The highest BCUT2D eigenvalue weighted by molar-refractivity contribution is 7.89. The van der Waals surface area contributed by atoms with Crippen LogP contribution < -0.4 is 10.0 Å². The average Bonchev–Trinajstić information content (AvgIpc) is 2.83. The van der Waals surface area contributed by atoms with Gasteiger partial charge in [0.25, 0.3) is 0 Å². The molecule has 0 unspecified atom stereocenters. The number of sulfonamides is 1. The lowest BCUT2D eigenvalue weighted by molar-refractivity contribution is -0.137. The summed E-state index contributed by atoms with van der Waals surface area (Å²) in [6.07, 6.45) is -0.00972. The summed E-state index contributed by atoms with van der Waals surface area (Å²) in [6, 6.07) is 5.91. The number of aliphatic carboxylic acids is 1. The molecule has 0 amide bonds. The molecule has 0 spiro atoms. The van der Waals surface area contributed by atoms with Crippen LogP contribution in [0.2, 0.25) is 0 Å². The molecule has 0 radical (unpaired) electrons. The van der Waals surface area contributed by atoms with Gasteiger partial charge in [-0.2, -0.15) is 0 Å². The van der Waals surface area contributed by atoms with E-state index in [0.717, 1.165) is 18.7 Å². The zero-order valence-electron chi connectivity index (χ0n) is 11.1. The molecule has 7 heteroatoms. The van der Waals surface area contributed by atoms with Crippen molar-refractivity contribution in [1.29, 1.82) is 0 Å². The number of carboxylic acid groups (broad SMARTS) is 1. The number of carbonyl (C=O) groups is 1. The van der Waals surface area contributed by atoms with Gasteiger partial charge in [-0.1, -0.05) is 18.2 Å². The first kappa shape index (κ1) is 15.0. The minimum Gasteiger partial charge on any atom is -0.481 e. The third-order valence-corrected chi connectivity index (χ3v) is 4.61. The van der Waals surface area contributed by atoms with Crippen LogP contribution in [0.5, 0.6) is 0 Å². The Hall–Kier alpha value is -1.44. The third kappa shape index (κ3) is 4.29. The van der Waals surface area contributed by atoms with Crippen LogP contribution in [-0.4, -0.2) is 25.2 Å². The second-order valence-electron chi connectivity index (χ2n) is 4.84. The molecule has 2 rings (SSSR count). The molecule has 1 aliphatic rings. The predicted molar refractivity (Wildman–Crippen MR) is 74.5 cm³/mol. The van der Waals surface area contributed by atoms with Crippen molar-refractivity contribution < 1.29 is 18.3 Å². The molecule has 0 atom stereocenters. The molecule has 20 heavy (non-hydrogen) atoms. The van der Waals surface area contributed by atoms with Crippen LogP contribution in [0.15, 0.2) is 18.2 Å². The molecule has 1 aromatic carbocycles.